The number of rotatable bonds is 6. The monoisotopic (exact) mass is 241 g/mol. The Morgan fingerprint density at radius 1 is 1.29 bits per heavy atom. The summed E-state index contributed by atoms with van der Waals surface area (Å²) in [5.74, 6) is 6.41. The zero-order valence-electron chi connectivity index (χ0n) is 10.3. The molecule has 8 heteroatoms. The maximum absolute atomic E-state index is 9.44. The lowest BCUT2D eigenvalue weighted by molar-refractivity contribution is 0.183. The van der Waals surface area contributed by atoms with E-state index in [-0.39, 0.29) is 5.95 Å². The van der Waals surface area contributed by atoms with Crippen LogP contribution in [0.5, 0.6) is 0 Å². The molecule has 5 N–H and O–H groups in total. The number of anilines is 3. The summed E-state index contributed by atoms with van der Waals surface area (Å²) in [4.78, 5) is 14.0. The van der Waals surface area contributed by atoms with Crippen LogP contribution in [0.3, 0.4) is 0 Å². The molecule has 96 valence electrons. The number of aromatic nitrogens is 3. The molecule has 0 aliphatic carbocycles. The molecule has 0 radical (unpaired) electrons. The minimum atomic E-state index is -0.427. The molecule has 0 aromatic carbocycles. The molecule has 0 aliphatic rings. The van der Waals surface area contributed by atoms with Crippen molar-refractivity contribution in [3.05, 3.63) is 0 Å². The Morgan fingerprint density at radius 3 is 2.47 bits per heavy atom. The summed E-state index contributed by atoms with van der Waals surface area (Å²) in [7, 11) is 3.64. The van der Waals surface area contributed by atoms with Gasteiger partial charge in [-0.2, -0.15) is 15.0 Å². The Hall–Kier alpha value is -1.67. The zero-order valence-corrected chi connectivity index (χ0v) is 10.3. The van der Waals surface area contributed by atoms with Crippen molar-refractivity contribution in [3.63, 3.8) is 0 Å². The SMILES string of the molecule is CCC(O)CNc1nc(NN)nc(N(C)C)n1. The minimum Gasteiger partial charge on any atom is -0.391 e. The van der Waals surface area contributed by atoms with E-state index in [9.17, 15) is 5.11 Å². The number of hydrogen-bond donors (Lipinski definition) is 4. The third-order valence-electron chi connectivity index (χ3n) is 2.12. The first kappa shape index (κ1) is 13.4. The van der Waals surface area contributed by atoms with Crippen molar-refractivity contribution in [1.82, 2.24) is 15.0 Å². The molecule has 1 unspecified atom stereocenters. The molecule has 8 nitrogen and oxygen atoms in total. The largest absolute Gasteiger partial charge is 0.391 e. The number of aliphatic hydroxyl groups is 1. The zero-order chi connectivity index (χ0) is 12.8. The highest BCUT2D eigenvalue weighted by Gasteiger charge is 2.08. The van der Waals surface area contributed by atoms with Crippen LogP contribution >= 0.6 is 0 Å². The number of hydrazine groups is 1. The van der Waals surface area contributed by atoms with Crippen molar-refractivity contribution < 1.29 is 5.11 Å². The second-order valence-electron chi connectivity index (χ2n) is 3.76. The van der Waals surface area contributed by atoms with Gasteiger partial charge in [0.2, 0.25) is 17.8 Å². The summed E-state index contributed by atoms with van der Waals surface area (Å²) in [6.07, 6.45) is 0.240. The highest BCUT2D eigenvalue weighted by molar-refractivity contribution is 5.42. The molecule has 17 heavy (non-hydrogen) atoms. The number of hydrogen-bond acceptors (Lipinski definition) is 8. The van der Waals surface area contributed by atoms with Gasteiger partial charge in [0, 0.05) is 20.6 Å². The van der Waals surface area contributed by atoms with E-state index >= 15 is 0 Å². The Balaban J connectivity index is 2.80. The van der Waals surface area contributed by atoms with Gasteiger partial charge in [0.15, 0.2) is 0 Å². The molecule has 0 saturated carbocycles. The lowest BCUT2D eigenvalue weighted by Crippen LogP contribution is -2.22. The van der Waals surface area contributed by atoms with E-state index < -0.39 is 6.10 Å². The van der Waals surface area contributed by atoms with Crippen LogP contribution in [0.2, 0.25) is 0 Å². The molecule has 0 saturated heterocycles. The first-order valence-electron chi connectivity index (χ1n) is 5.38. The molecule has 1 aromatic rings. The molecule has 0 amide bonds. The quantitative estimate of drug-likeness (QED) is 0.386. The smallest absolute Gasteiger partial charge is 0.243 e. The molecule has 0 aliphatic heterocycles. The van der Waals surface area contributed by atoms with Crippen molar-refractivity contribution in [2.75, 3.05) is 36.3 Å². The Bertz CT molecular complexity index is 357. The van der Waals surface area contributed by atoms with Crippen LogP contribution in [0.25, 0.3) is 0 Å². The second kappa shape index (κ2) is 6.16. The van der Waals surface area contributed by atoms with Gasteiger partial charge in [-0.25, -0.2) is 5.84 Å². The van der Waals surface area contributed by atoms with Gasteiger partial charge in [0.05, 0.1) is 6.10 Å². The van der Waals surface area contributed by atoms with E-state index in [2.05, 4.69) is 25.7 Å². The van der Waals surface area contributed by atoms with Gasteiger partial charge in [0.25, 0.3) is 0 Å². The van der Waals surface area contributed by atoms with Gasteiger partial charge >= 0.3 is 0 Å². The van der Waals surface area contributed by atoms with Crippen LogP contribution in [0, 0.1) is 0 Å². The first-order valence-corrected chi connectivity index (χ1v) is 5.38. The second-order valence-corrected chi connectivity index (χ2v) is 3.76. The van der Waals surface area contributed by atoms with Gasteiger partial charge in [-0.15, -0.1) is 0 Å². The van der Waals surface area contributed by atoms with Crippen LogP contribution in [-0.2, 0) is 0 Å². The molecule has 1 atom stereocenters. The normalized spacial score (nSPS) is 12.1. The Morgan fingerprint density at radius 2 is 1.94 bits per heavy atom. The van der Waals surface area contributed by atoms with E-state index in [1.165, 1.54) is 0 Å². The molecule has 1 rings (SSSR count). The molecule has 1 aromatic heterocycles. The van der Waals surface area contributed by atoms with Gasteiger partial charge in [-0.3, -0.25) is 5.43 Å². The van der Waals surface area contributed by atoms with Crippen LogP contribution < -0.4 is 21.5 Å². The van der Waals surface area contributed by atoms with Gasteiger partial charge in [-0.05, 0) is 6.42 Å². The third kappa shape index (κ3) is 4.00. The fourth-order valence-corrected chi connectivity index (χ4v) is 1.06. The van der Waals surface area contributed by atoms with Gasteiger partial charge in [0.1, 0.15) is 0 Å². The number of nitrogens with one attached hydrogen (secondary N) is 2. The summed E-state index contributed by atoms with van der Waals surface area (Å²) >= 11 is 0. The third-order valence-corrected chi connectivity index (χ3v) is 2.12. The summed E-state index contributed by atoms with van der Waals surface area (Å²) in [5, 5.41) is 12.4. The molecule has 0 fully saturated rings. The molecule has 0 spiro atoms. The number of nitrogen functional groups attached to an aromatic ring is 1. The fourth-order valence-electron chi connectivity index (χ4n) is 1.06. The molecule has 0 bridgehead atoms. The maximum Gasteiger partial charge on any atom is 0.243 e. The van der Waals surface area contributed by atoms with E-state index in [1.807, 2.05) is 21.0 Å². The highest BCUT2D eigenvalue weighted by Crippen LogP contribution is 2.10. The highest BCUT2D eigenvalue weighted by atomic mass is 16.3. The molecular formula is C9H19N7O. The number of aliphatic hydroxyl groups excluding tert-OH is 1. The molecule has 1 heterocycles. The number of nitrogens with zero attached hydrogens (tertiary/aromatic N) is 4. The van der Waals surface area contributed by atoms with Gasteiger partial charge in [-0.1, -0.05) is 6.92 Å². The maximum atomic E-state index is 9.44. The minimum absolute atomic E-state index is 0.275. The van der Waals surface area contributed by atoms with Crippen molar-refractivity contribution in [3.8, 4) is 0 Å². The van der Waals surface area contributed by atoms with E-state index in [0.717, 1.165) is 0 Å². The summed E-state index contributed by atoms with van der Waals surface area (Å²) in [6, 6.07) is 0. The topological polar surface area (TPSA) is 112 Å². The average Bonchev–Trinajstić information content (AvgIpc) is 2.35. The standard InChI is InChI=1S/C9H19N7O/c1-4-6(17)5-11-7-12-8(15-10)14-9(13-7)16(2)3/h6,17H,4-5,10H2,1-3H3,(H2,11,12,13,14,15). The lowest BCUT2D eigenvalue weighted by Gasteiger charge is -2.14. The van der Waals surface area contributed by atoms with E-state index in [1.54, 1.807) is 4.90 Å². The first-order chi connectivity index (χ1) is 8.06. The van der Waals surface area contributed by atoms with Crippen molar-refractivity contribution in [2.24, 2.45) is 5.84 Å². The Kier molecular flexibility index (Phi) is 4.85. The van der Waals surface area contributed by atoms with Crippen LogP contribution in [0.15, 0.2) is 0 Å². The van der Waals surface area contributed by atoms with Crippen molar-refractivity contribution in [1.29, 1.82) is 0 Å². The lowest BCUT2D eigenvalue weighted by atomic mass is 10.3. The van der Waals surface area contributed by atoms with Crippen molar-refractivity contribution in [2.45, 2.75) is 19.4 Å². The average molecular weight is 241 g/mol. The van der Waals surface area contributed by atoms with E-state index in [0.29, 0.717) is 24.9 Å². The predicted molar refractivity (Wildman–Crippen MR) is 66.8 cm³/mol. The number of nitrogens with two attached hydrogens (primary N) is 1. The van der Waals surface area contributed by atoms with Crippen LogP contribution in [0.4, 0.5) is 17.8 Å². The van der Waals surface area contributed by atoms with E-state index in [4.69, 9.17) is 5.84 Å². The summed E-state index contributed by atoms with van der Waals surface area (Å²) in [5.41, 5.74) is 2.37. The van der Waals surface area contributed by atoms with Gasteiger partial charge < -0.3 is 15.3 Å². The summed E-state index contributed by atoms with van der Waals surface area (Å²) < 4.78 is 0. The van der Waals surface area contributed by atoms with Crippen LogP contribution in [-0.4, -0.2) is 46.8 Å². The fraction of sp³-hybridized carbons (Fsp3) is 0.667. The molecular weight excluding hydrogens is 222 g/mol. The van der Waals surface area contributed by atoms with Crippen molar-refractivity contribution >= 4 is 17.8 Å². The predicted octanol–water partition coefficient (Wildman–Crippen LogP) is -0.594. The van der Waals surface area contributed by atoms with Crippen LogP contribution in [0.1, 0.15) is 13.3 Å². The summed E-state index contributed by atoms with van der Waals surface area (Å²) in [6.45, 7) is 2.29. The Labute approximate surface area is 100 Å².